The highest BCUT2D eigenvalue weighted by molar-refractivity contribution is 5.50. The molecule has 2 aromatic carbocycles. The minimum Gasteiger partial charge on any atom is -0.384 e. The Morgan fingerprint density at radius 1 is 1.05 bits per heavy atom. The molecule has 0 fully saturated rings. The lowest BCUT2D eigenvalue weighted by molar-refractivity contribution is 0.350. The van der Waals surface area contributed by atoms with Gasteiger partial charge in [-0.15, -0.1) is 0 Å². The number of aliphatic hydroxyl groups is 1. The maximum atomic E-state index is 9.04. The number of fused-ring (bicyclic) bond motifs is 2. The highest BCUT2D eigenvalue weighted by Gasteiger charge is 2.21. The zero-order valence-electron chi connectivity index (χ0n) is 11.7. The molecule has 1 aliphatic carbocycles. The molecular formula is C19H18O. The molecule has 0 heterocycles. The Labute approximate surface area is 120 Å². The zero-order valence-corrected chi connectivity index (χ0v) is 11.7. The fourth-order valence-corrected chi connectivity index (χ4v) is 2.99. The number of hydrogen-bond donors (Lipinski definition) is 1. The summed E-state index contributed by atoms with van der Waals surface area (Å²) in [5.41, 5.74) is 6.61. The SMILES string of the molecule is Cc1ccc2c(c1)C(C#CCO)c1ccccc1CC2. The van der Waals surface area contributed by atoms with Gasteiger partial charge >= 0.3 is 0 Å². The van der Waals surface area contributed by atoms with Crippen molar-refractivity contribution in [2.45, 2.75) is 25.7 Å². The van der Waals surface area contributed by atoms with Crippen LogP contribution in [-0.4, -0.2) is 11.7 Å². The molecule has 1 heteroatoms. The van der Waals surface area contributed by atoms with Crippen molar-refractivity contribution in [2.75, 3.05) is 6.61 Å². The van der Waals surface area contributed by atoms with Gasteiger partial charge in [0.2, 0.25) is 0 Å². The average molecular weight is 262 g/mol. The summed E-state index contributed by atoms with van der Waals surface area (Å²) >= 11 is 0. The topological polar surface area (TPSA) is 20.2 Å². The minimum absolute atomic E-state index is 0.0794. The summed E-state index contributed by atoms with van der Waals surface area (Å²) in [6.45, 7) is 2.04. The standard InChI is InChI=1S/C19H18O/c1-14-8-9-16-11-10-15-5-2-3-6-17(15)18(7-4-12-20)19(16)13-14/h2-3,5-6,8-9,13,18,20H,10-12H2,1H3. The second-order valence-corrected chi connectivity index (χ2v) is 5.31. The fourth-order valence-electron chi connectivity index (χ4n) is 2.99. The molecule has 0 amide bonds. The molecule has 1 nitrogen and oxygen atoms in total. The van der Waals surface area contributed by atoms with E-state index in [4.69, 9.17) is 5.11 Å². The largest absolute Gasteiger partial charge is 0.384 e. The van der Waals surface area contributed by atoms with Gasteiger partial charge in [0.05, 0.1) is 5.92 Å². The summed E-state index contributed by atoms with van der Waals surface area (Å²) in [7, 11) is 0. The van der Waals surface area contributed by atoms with Crippen LogP contribution < -0.4 is 0 Å². The summed E-state index contributed by atoms with van der Waals surface area (Å²) in [5, 5.41) is 9.04. The number of rotatable bonds is 0. The lowest BCUT2D eigenvalue weighted by atomic mass is 9.88. The third-order valence-corrected chi connectivity index (χ3v) is 3.97. The molecule has 1 N–H and O–H groups in total. The van der Waals surface area contributed by atoms with Gasteiger partial charge in [-0.05, 0) is 42.0 Å². The van der Waals surface area contributed by atoms with Crippen molar-refractivity contribution in [1.29, 1.82) is 0 Å². The summed E-state index contributed by atoms with van der Waals surface area (Å²) in [6, 6.07) is 15.2. The van der Waals surface area contributed by atoms with Crippen LogP contribution >= 0.6 is 0 Å². The number of aryl methyl sites for hydroxylation is 3. The highest BCUT2D eigenvalue weighted by atomic mass is 16.2. The fraction of sp³-hybridized carbons (Fsp3) is 0.263. The van der Waals surface area contributed by atoms with E-state index in [0.29, 0.717) is 0 Å². The Morgan fingerprint density at radius 2 is 1.80 bits per heavy atom. The first kappa shape index (κ1) is 13.0. The van der Waals surface area contributed by atoms with Crippen LogP contribution in [0.4, 0.5) is 0 Å². The molecule has 0 radical (unpaired) electrons. The molecule has 2 aromatic rings. The van der Waals surface area contributed by atoms with E-state index in [0.717, 1.165) is 12.8 Å². The lowest BCUT2D eigenvalue weighted by Gasteiger charge is -2.15. The van der Waals surface area contributed by atoms with Gasteiger partial charge in [-0.1, -0.05) is 59.9 Å². The van der Waals surface area contributed by atoms with E-state index in [1.54, 1.807) is 0 Å². The maximum Gasteiger partial charge on any atom is 0.104 e. The van der Waals surface area contributed by atoms with Gasteiger partial charge in [-0.2, -0.15) is 0 Å². The minimum atomic E-state index is -0.0835. The van der Waals surface area contributed by atoms with E-state index in [9.17, 15) is 0 Å². The monoisotopic (exact) mass is 262 g/mol. The van der Waals surface area contributed by atoms with Crippen molar-refractivity contribution < 1.29 is 5.11 Å². The van der Waals surface area contributed by atoms with Crippen LogP contribution in [0.3, 0.4) is 0 Å². The molecule has 0 spiro atoms. The van der Waals surface area contributed by atoms with Crippen molar-refractivity contribution >= 4 is 0 Å². The van der Waals surface area contributed by atoms with E-state index in [-0.39, 0.29) is 12.5 Å². The van der Waals surface area contributed by atoms with E-state index < -0.39 is 0 Å². The van der Waals surface area contributed by atoms with Crippen molar-refractivity contribution in [3.8, 4) is 11.8 Å². The quantitative estimate of drug-likeness (QED) is 0.723. The van der Waals surface area contributed by atoms with Crippen LogP contribution in [0.25, 0.3) is 0 Å². The van der Waals surface area contributed by atoms with Crippen molar-refractivity contribution in [1.82, 2.24) is 0 Å². The molecule has 0 saturated heterocycles. The smallest absolute Gasteiger partial charge is 0.104 e. The second kappa shape index (κ2) is 5.53. The number of hydrogen-bond acceptors (Lipinski definition) is 1. The number of benzene rings is 2. The first-order valence-corrected chi connectivity index (χ1v) is 7.06. The molecule has 0 bridgehead atoms. The molecule has 20 heavy (non-hydrogen) atoms. The van der Waals surface area contributed by atoms with Crippen LogP contribution in [0.15, 0.2) is 42.5 Å². The number of aliphatic hydroxyl groups excluding tert-OH is 1. The van der Waals surface area contributed by atoms with Gasteiger partial charge in [0.15, 0.2) is 0 Å². The molecule has 3 rings (SSSR count). The molecular weight excluding hydrogens is 244 g/mol. The highest BCUT2D eigenvalue weighted by Crippen LogP contribution is 2.34. The van der Waals surface area contributed by atoms with Crippen LogP contribution in [-0.2, 0) is 12.8 Å². The second-order valence-electron chi connectivity index (χ2n) is 5.31. The summed E-state index contributed by atoms with van der Waals surface area (Å²) in [6.07, 6.45) is 2.12. The Balaban J connectivity index is 2.21. The van der Waals surface area contributed by atoms with E-state index in [2.05, 4.69) is 61.2 Å². The summed E-state index contributed by atoms with van der Waals surface area (Å²) in [5.74, 6) is 6.18. The van der Waals surface area contributed by atoms with Gasteiger partial charge in [0.25, 0.3) is 0 Å². The Kier molecular flexibility index (Phi) is 3.58. The van der Waals surface area contributed by atoms with Crippen LogP contribution in [0.2, 0.25) is 0 Å². The van der Waals surface area contributed by atoms with Gasteiger partial charge in [-0.25, -0.2) is 0 Å². The van der Waals surface area contributed by atoms with Crippen molar-refractivity contribution in [3.63, 3.8) is 0 Å². The molecule has 1 aliphatic rings. The van der Waals surface area contributed by atoms with Crippen LogP contribution in [0.1, 0.15) is 33.7 Å². The summed E-state index contributed by atoms with van der Waals surface area (Å²) in [4.78, 5) is 0. The molecule has 1 atom stereocenters. The normalized spacial score (nSPS) is 16.4. The third-order valence-electron chi connectivity index (χ3n) is 3.97. The molecule has 0 aromatic heterocycles. The van der Waals surface area contributed by atoms with Gasteiger partial charge in [-0.3, -0.25) is 0 Å². The van der Waals surface area contributed by atoms with Crippen LogP contribution in [0, 0.1) is 18.8 Å². The van der Waals surface area contributed by atoms with E-state index in [1.165, 1.54) is 27.8 Å². The zero-order chi connectivity index (χ0) is 13.9. The van der Waals surface area contributed by atoms with Crippen molar-refractivity contribution in [3.05, 3.63) is 70.3 Å². The molecule has 1 unspecified atom stereocenters. The molecule has 0 aliphatic heterocycles. The Bertz CT molecular complexity index is 688. The van der Waals surface area contributed by atoms with Crippen molar-refractivity contribution in [2.24, 2.45) is 0 Å². The Hall–Kier alpha value is -2.04. The van der Waals surface area contributed by atoms with E-state index in [1.807, 2.05) is 0 Å². The lowest BCUT2D eigenvalue weighted by Crippen LogP contribution is -2.02. The maximum absolute atomic E-state index is 9.04. The van der Waals surface area contributed by atoms with Crippen LogP contribution in [0.5, 0.6) is 0 Å². The average Bonchev–Trinajstić information content (AvgIpc) is 2.62. The molecule has 100 valence electrons. The van der Waals surface area contributed by atoms with Gasteiger partial charge < -0.3 is 5.11 Å². The van der Waals surface area contributed by atoms with Gasteiger partial charge in [0.1, 0.15) is 6.61 Å². The van der Waals surface area contributed by atoms with E-state index >= 15 is 0 Å². The van der Waals surface area contributed by atoms with Gasteiger partial charge in [0, 0.05) is 0 Å². The predicted molar refractivity (Wildman–Crippen MR) is 81.7 cm³/mol. The first-order chi connectivity index (χ1) is 9.79. The molecule has 0 saturated carbocycles. The first-order valence-electron chi connectivity index (χ1n) is 7.06. The third kappa shape index (κ3) is 2.35. The predicted octanol–water partition coefficient (Wildman–Crippen LogP) is 3.22. The summed E-state index contributed by atoms with van der Waals surface area (Å²) < 4.78 is 0. The Morgan fingerprint density at radius 3 is 2.60 bits per heavy atom.